The summed E-state index contributed by atoms with van der Waals surface area (Å²) in [5.41, 5.74) is 1.36. The predicted molar refractivity (Wildman–Crippen MR) is 124 cm³/mol. The molecule has 0 aliphatic rings. The predicted octanol–water partition coefficient (Wildman–Crippen LogP) is 4.43. The SMILES string of the molecule is COc1ccc(NS(=O)(=O)c2cc(C(=O)N(C)Cc3ccccc3OC)ccc2Cl)cc1. The van der Waals surface area contributed by atoms with Gasteiger partial charge >= 0.3 is 0 Å². The van der Waals surface area contributed by atoms with Crippen molar-refractivity contribution >= 4 is 33.2 Å². The Morgan fingerprint density at radius 1 is 1.00 bits per heavy atom. The monoisotopic (exact) mass is 474 g/mol. The van der Waals surface area contributed by atoms with Crippen molar-refractivity contribution in [3.8, 4) is 11.5 Å². The number of methoxy groups -OCH3 is 2. The molecule has 9 heteroatoms. The Morgan fingerprint density at radius 2 is 1.69 bits per heavy atom. The Bertz CT molecular complexity index is 1210. The number of sulfonamides is 1. The van der Waals surface area contributed by atoms with E-state index >= 15 is 0 Å². The number of rotatable bonds is 8. The van der Waals surface area contributed by atoms with Crippen LogP contribution in [0, 0.1) is 0 Å². The summed E-state index contributed by atoms with van der Waals surface area (Å²) in [6.45, 7) is 0.289. The number of ether oxygens (including phenoxy) is 2. The number of nitrogens with zero attached hydrogens (tertiary/aromatic N) is 1. The van der Waals surface area contributed by atoms with Crippen molar-refractivity contribution in [2.45, 2.75) is 11.4 Å². The van der Waals surface area contributed by atoms with Crippen LogP contribution < -0.4 is 14.2 Å². The lowest BCUT2D eigenvalue weighted by molar-refractivity contribution is 0.0784. The fourth-order valence-electron chi connectivity index (χ4n) is 3.09. The zero-order chi connectivity index (χ0) is 23.3. The molecular formula is C23H23ClN2O5S. The van der Waals surface area contributed by atoms with Crippen molar-refractivity contribution in [2.24, 2.45) is 0 Å². The first-order valence-electron chi connectivity index (χ1n) is 9.59. The van der Waals surface area contributed by atoms with Gasteiger partial charge in [-0.2, -0.15) is 0 Å². The number of anilines is 1. The molecule has 0 saturated carbocycles. The smallest absolute Gasteiger partial charge is 0.263 e. The first kappa shape index (κ1) is 23.4. The van der Waals surface area contributed by atoms with Crippen LogP contribution in [0.2, 0.25) is 5.02 Å². The van der Waals surface area contributed by atoms with E-state index in [2.05, 4.69) is 4.72 Å². The molecule has 3 aromatic rings. The molecular weight excluding hydrogens is 452 g/mol. The zero-order valence-electron chi connectivity index (χ0n) is 17.8. The number of hydrogen-bond acceptors (Lipinski definition) is 5. The van der Waals surface area contributed by atoms with Gasteiger partial charge in [-0.25, -0.2) is 8.42 Å². The molecule has 1 amide bonds. The van der Waals surface area contributed by atoms with Crippen LogP contribution >= 0.6 is 11.6 Å². The summed E-state index contributed by atoms with van der Waals surface area (Å²) in [5.74, 6) is 0.903. The Balaban J connectivity index is 1.84. The third-order valence-electron chi connectivity index (χ3n) is 4.76. The fourth-order valence-corrected chi connectivity index (χ4v) is 4.68. The summed E-state index contributed by atoms with van der Waals surface area (Å²) >= 11 is 6.17. The maximum absolute atomic E-state index is 13.0. The third-order valence-corrected chi connectivity index (χ3v) is 6.62. The van der Waals surface area contributed by atoms with Crippen LogP contribution in [-0.2, 0) is 16.6 Å². The lowest BCUT2D eigenvalue weighted by atomic mass is 10.1. The minimum absolute atomic E-state index is 0.00921. The number of carbonyl (C=O) groups is 1. The van der Waals surface area contributed by atoms with E-state index < -0.39 is 10.0 Å². The second-order valence-corrected chi connectivity index (χ2v) is 9.01. The minimum atomic E-state index is -4.03. The number of hydrogen-bond donors (Lipinski definition) is 1. The highest BCUT2D eigenvalue weighted by Gasteiger charge is 2.22. The Morgan fingerprint density at radius 3 is 2.34 bits per heavy atom. The number of para-hydroxylation sites is 1. The number of halogens is 1. The van der Waals surface area contributed by atoms with Crippen LogP contribution in [-0.4, -0.2) is 40.5 Å². The molecule has 0 spiro atoms. The van der Waals surface area contributed by atoms with E-state index in [-0.39, 0.29) is 27.9 Å². The fraction of sp³-hybridized carbons (Fsp3) is 0.174. The summed E-state index contributed by atoms with van der Waals surface area (Å²) in [7, 11) is 0.686. The summed E-state index contributed by atoms with van der Waals surface area (Å²) < 4.78 is 38.7. The summed E-state index contributed by atoms with van der Waals surface area (Å²) in [4.78, 5) is 14.3. The molecule has 0 fully saturated rings. The molecule has 3 rings (SSSR count). The van der Waals surface area contributed by atoms with E-state index in [4.69, 9.17) is 21.1 Å². The zero-order valence-corrected chi connectivity index (χ0v) is 19.4. The lowest BCUT2D eigenvalue weighted by Gasteiger charge is -2.19. The molecule has 0 aromatic heterocycles. The molecule has 0 saturated heterocycles. The van der Waals surface area contributed by atoms with Crippen molar-refractivity contribution in [3.05, 3.63) is 82.9 Å². The van der Waals surface area contributed by atoms with Crippen molar-refractivity contribution < 1.29 is 22.7 Å². The van der Waals surface area contributed by atoms with E-state index in [1.54, 1.807) is 38.4 Å². The molecule has 0 aliphatic carbocycles. The molecule has 0 unspecified atom stereocenters. The van der Waals surface area contributed by atoms with Gasteiger partial charge in [-0.3, -0.25) is 9.52 Å². The molecule has 0 bridgehead atoms. The van der Waals surface area contributed by atoms with Gasteiger partial charge in [0.25, 0.3) is 15.9 Å². The quantitative estimate of drug-likeness (QED) is 0.522. The van der Waals surface area contributed by atoms with Gasteiger partial charge in [-0.15, -0.1) is 0 Å². The van der Waals surface area contributed by atoms with Crippen molar-refractivity contribution in [2.75, 3.05) is 26.0 Å². The normalized spacial score (nSPS) is 11.0. The molecule has 32 heavy (non-hydrogen) atoms. The van der Waals surface area contributed by atoms with Gasteiger partial charge in [-0.05, 0) is 48.5 Å². The molecule has 0 radical (unpaired) electrons. The van der Waals surface area contributed by atoms with E-state index in [1.807, 2.05) is 24.3 Å². The van der Waals surface area contributed by atoms with Crippen LogP contribution in [0.4, 0.5) is 5.69 Å². The largest absolute Gasteiger partial charge is 0.497 e. The molecule has 168 valence electrons. The van der Waals surface area contributed by atoms with Gasteiger partial charge in [0, 0.05) is 30.4 Å². The van der Waals surface area contributed by atoms with Crippen LogP contribution in [0.3, 0.4) is 0 Å². The standard InChI is InChI=1S/C23H23ClN2O5S/c1-26(15-17-6-4-5-7-21(17)31-3)23(27)16-8-13-20(24)22(14-16)32(28,29)25-18-9-11-19(30-2)12-10-18/h4-14,25H,15H2,1-3H3. The summed E-state index contributed by atoms with van der Waals surface area (Å²) in [6, 6.07) is 17.9. The molecule has 1 N–H and O–H groups in total. The number of nitrogens with one attached hydrogen (secondary N) is 1. The first-order chi connectivity index (χ1) is 15.2. The van der Waals surface area contributed by atoms with Crippen molar-refractivity contribution in [1.29, 1.82) is 0 Å². The molecule has 0 aliphatic heterocycles. The highest BCUT2D eigenvalue weighted by atomic mass is 35.5. The van der Waals surface area contributed by atoms with Crippen LogP contribution in [0.25, 0.3) is 0 Å². The topological polar surface area (TPSA) is 84.9 Å². The first-order valence-corrected chi connectivity index (χ1v) is 11.4. The maximum atomic E-state index is 13.0. The van der Waals surface area contributed by atoms with Gasteiger partial charge < -0.3 is 14.4 Å². The average molecular weight is 475 g/mol. The van der Waals surface area contributed by atoms with Crippen LogP contribution in [0.15, 0.2) is 71.6 Å². The minimum Gasteiger partial charge on any atom is -0.497 e. The number of benzene rings is 3. The average Bonchev–Trinajstić information content (AvgIpc) is 2.79. The van der Waals surface area contributed by atoms with Gasteiger partial charge in [0.05, 0.1) is 19.2 Å². The van der Waals surface area contributed by atoms with Gasteiger partial charge in [-0.1, -0.05) is 29.8 Å². The van der Waals surface area contributed by atoms with E-state index in [0.717, 1.165) is 5.56 Å². The number of amides is 1. The number of carbonyl (C=O) groups excluding carboxylic acids is 1. The Hall–Kier alpha value is -3.23. The van der Waals surface area contributed by atoms with Crippen LogP contribution in [0.1, 0.15) is 15.9 Å². The summed E-state index contributed by atoms with van der Waals surface area (Å²) in [5, 5.41) is 0.00921. The van der Waals surface area contributed by atoms with E-state index in [0.29, 0.717) is 17.2 Å². The van der Waals surface area contributed by atoms with Gasteiger partial charge in [0.1, 0.15) is 16.4 Å². The second-order valence-electron chi connectivity index (χ2n) is 6.95. The highest BCUT2D eigenvalue weighted by Crippen LogP contribution is 2.27. The summed E-state index contributed by atoms with van der Waals surface area (Å²) in [6.07, 6.45) is 0. The van der Waals surface area contributed by atoms with Crippen LogP contribution in [0.5, 0.6) is 11.5 Å². The molecule has 0 atom stereocenters. The van der Waals surface area contributed by atoms with Gasteiger partial charge in [0.15, 0.2) is 0 Å². The highest BCUT2D eigenvalue weighted by molar-refractivity contribution is 7.92. The van der Waals surface area contributed by atoms with Gasteiger partial charge in [0.2, 0.25) is 0 Å². The molecule has 3 aromatic carbocycles. The lowest BCUT2D eigenvalue weighted by Crippen LogP contribution is -2.26. The molecule has 7 nitrogen and oxygen atoms in total. The second kappa shape index (κ2) is 9.93. The Kier molecular flexibility index (Phi) is 7.27. The van der Waals surface area contributed by atoms with E-state index in [1.165, 1.54) is 30.2 Å². The van der Waals surface area contributed by atoms with Crippen molar-refractivity contribution in [3.63, 3.8) is 0 Å². The van der Waals surface area contributed by atoms with E-state index in [9.17, 15) is 13.2 Å². The van der Waals surface area contributed by atoms with Crippen molar-refractivity contribution in [1.82, 2.24) is 4.90 Å². The maximum Gasteiger partial charge on any atom is 0.263 e. The molecule has 0 heterocycles. The Labute approximate surface area is 192 Å². The third kappa shape index (κ3) is 5.33.